The van der Waals surface area contributed by atoms with Crippen molar-refractivity contribution in [1.29, 1.82) is 0 Å². The van der Waals surface area contributed by atoms with Crippen LogP contribution in [0.5, 0.6) is 0 Å². The third kappa shape index (κ3) is 5.15. The summed E-state index contributed by atoms with van der Waals surface area (Å²) >= 11 is 6.03. The van der Waals surface area contributed by atoms with E-state index in [1.54, 1.807) is 4.90 Å². The average Bonchev–Trinajstić information content (AvgIpc) is 3.50. The molecular formula is C20H25ClF3N3O2. The zero-order valence-corrected chi connectivity index (χ0v) is 17.2. The Hall–Kier alpha value is -1.96. The fraction of sp³-hybridized carbons (Fsp3) is 0.600. The van der Waals surface area contributed by atoms with Gasteiger partial charge in [0.2, 0.25) is 11.8 Å². The number of amides is 2. The first-order valence-corrected chi connectivity index (χ1v) is 10.2. The fourth-order valence-electron chi connectivity index (χ4n) is 3.42. The van der Waals surface area contributed by atoms with Crippen molar-refractivity contribution in [2.75, 3.05) is 31.5 Å². The highest BCUT2D eigenvalue weighted by molar-refractivity contribution is 6.33. The normalized spacial score (nSPS) is 18.7. The molecule has 0 spiro atoms. The summed E-state index contributed by atoms with van der Waals surface area (Å²) in [6.07, 6.45) is -2.58. The van der Waals surface area contributed by atoms with Crippen LogP contribution in [0.1, 0.15) is 32.3 Å². The van der Waals surface area contributed by atoms with E-state index in [0.29, 0.717) is 26.2 Å². The molecule has 1 aliphatic heterocycles. The van der Waals surface area contributed by atoms with Crippen LogP contribution < -0.4 is 5.32 Å². The molecule has 3 rings (SSSR count). The van der Waals surface area contributed by atoms with Crippen molar-refractivity contribution in [3.63, 3.8) is 0 Å². The molecule has 160 valence electrons. The highest BCUT2D eigenvalue weighted by Gasteiger charge is 2.37. The molecule has 0 radical (unpaired) electrons. The summed E-state index contributed by atoms with van der Waals surface area (Å²) in [6, 6.07) is 2.42. The van der Waals surface area contributed by atoms with E-state index in [4.69, 9.17) is 11.6 Å². The molecule has 1 aromatic rings. The number of benzene rings is 1. The Morgan fingerprint density at radius 1 is 1.10 bits per heavy atom. The highest BCUT2D eigenvalue weighted by Crippen LogP contribution is 2.34. The van der Waals surface area contributed by atoms with Gasteiger partial charge in [0, 0.05) is 32.1 Å². The number of nitrogens with one attached hydrogen (secondary N) is 1. The quantitative estimate of drug-likeness (QED) is 0.769. The monoisotopic (exact) mass is 431 g/mol. The van der Waals surface area contributed by atoms with Crippen LogP contribution in [0.2, 0.25) is 5.02 Å². The average molecular weight is 432 g/mol. The molecule has 1 heterocycles. The minimum atomic E-state index is -4.48. The van der Waals surface area contributed by atoms with E-state index in [-0.39, 0.29) is 34.4 Å². The van der Waals surface area contributed by atoms with Crippen molar-refractivity contribution in [2.45, 2.75) is 38.9 Å². The number of hydrogen-bond acceptors (Lipinski definition) is 3. The molecule has 1 aromatic carbocycles. The van der Waals surface area contributed by atoms with E-state index in [9.17, 15) is 22.8 Å². The summed E-state index contributed by atoms with van der Waals surface area (Å²) < 4.78 is 38.5. The molecule has 1 atom stereocenters. The number of rotatable bonds is 5. The molecule has 5 nitrogen and oxygen atoms in total. The van der Waals surface area contributed by atoms with Crippen molar-refractivity contribution < 1.29 is 22.8 Å². The van der Waals surface area contributed by atoms with Crippen LogP contribution in [-0.2, 0) is 15.8 Å². The van der Waals surface area contributed by atoms with Crippen molar-refractivity contribution in [3.05, 3.63) is 28.8 Å². The van der Waals surface area contributed by atoms with E-state index >= 15 is 0 Å². The summed E-state index contributed by atoms with van der Waals surface area (Å²) in [6.45, 7) is 5.63. The first kappa shape index (κ1) is 21.7. The minimum absolute atomic E-state index is 0.0851. The molecule has 1 saturated heterocycles. The number of anilines is 1. The van der Waals surface area contributed by atoms with E-state index in [1.165, 1.54) is 6.07 Å². The number of piperazine rings is 1. The Balaban J connectivity index is 1.65. The SMILES string of the molecule is CC(C)[C@H](Nc1ccc(C(F)(F)F)cc1Cl)C(=O)N1CCN(C(=O)C2CC2)CC1. The predicted molar refractivity (Wildman–Crippen MR) is 105 cm³/mol. The molecular weight excluding hydrogens is 407 g/mol. The molecule has 0 aromatic heterocycles. The van der Waals surface area contributed by atoms with Crippen molar-refractivity contribution in [3.8, 4) is 0 Å². The van der Waals surface area contributed by atoms with Crippen LogP contribution in [0.4, 0.5) is 18.9 Å². The van der Waals surface area contributed by atoms with Gasteiger partial charge in [-0.2, -0.15) is 13.2 Å². The van der Waals surface area contributed by atoms with Gasteiger partial charge in [0.1, 0.15) is 6.04 Å². The standard InChI is InChI=1S/C20H25ClF3N3O2/c1-12(2)17(25-16-6-5-14(11-15(16)21)20(22,23)24)19(29)27-9-7-26(8-10-27)18(28)13-3-4-13/h5-6,11-13,17,25H,3-4,7-10H2,1-2H3/t17-/m0/s1. The first-order valence-electron chi connectivity index (χ1n) is 9.78. The van der Waals surface area contributed by atoms with Gasteiger partial charge in [-0.1, -0.05) is 25.4 Å². The van der Waals surface area contributed by atoms with Crippen LogP contribution in [-0.4, -0.2) is 53.8 Å². The second-order valence-electron chi connectivity index (χ2n) is 7.98. The van der Waals surface area contributed by atoms with E-state index in [2.05, 4.69) is 5.32 Å². The van der Waals surface area contributed by atoms with Crippen LogP contribution in [0.15, 0.2) is 18.2 Å². The maximum absolute atomic E-state index is 13.0. The largest absolute Gasteiger partial charge is 0.416 e. The van der Waals surface area contributed by atoms with Gasteiger partial charge in [-0.25, -0.2) is 0 Å². The molecule has 0 bridgehead atoms. The molecule has 1 N–H and O–H groups in total. The Labute approximate surface area is 173 Å². The second-order valence-corrected chi connectivity index (χ2v) is 8.39. The summed E-state index contributed by atoms with van der Waals surface area (Å²) in [5.41, 5.74) is -0.550. The molecule has 29 heavy (non-hydrogen) atoms. The number of nitrogens with zero attached hydrogens (tertiary/aromatic N) is 2. The molecule has 1 saturated carbocycles. The van der Waals surface area contributed by atoms with Gasteiger partial charge in [-0.15, -0.1) is 0 Å². The van der Waals surface area contributed by atoms with Crippen LogP contribution in [0, 0.1) is 11.8 Å². The van der Waals surface area contributed by atoms with Gasteiger partial charge in [-0.05, 0) is 37.0 Å². The summed E-state index contributed by atoms with van der Waals surface area (Å²) in [4.78, 5) is 28.7. The van der Waals surface area contributed by atoms with Gasteiger partial charge in [0.05, 0.1) is 16.3 Å². The molecule has 2 aliphatic rings. The lowest BCUT2D eigenvalue weighted by molar-refractivity contribution is -0.141. The zero-order chi connectivity index (χ0) is 21.3. The van der Waals surface area contributed by atoms with E-state index in [1.807, 2.05) is 18.7 Å². The summed E-state index contributed by atoms with van der Waals surface area (Å²) in [7, 11) is 0. The lowest BCUT2D eigenvalue weighted by Gasteiger charge is -2.37. The molecule has 2 amide bonds. The Morgan fingerprint density at radius 2 is 1.69 bits per heavy atom. The Kier molecular flexibility index (Phi) is 6.31. The first-order chi connectivity index (χ1) is 13.6. The van der Waals surface area contributed by atoms with Crippen LogP contribution in [0.3, 0.4) is 0 Å². The number of carbonyl (C=O) groups excluding carboxylic acids is 2. The zero-order valence-electron chi connectivity index (χ0n) is 16.4. The van der Waals surface area contributed by atoms with Gasteiger partial charge in [0.15, 0.2) is 0 Å². The molecule has 9 heteroatoms. The molecule has 2 fully saturated rings. The number of alkyl halides is 3. The van der Waals surface area contributed by atoms with Crippen molar-refractivity contribution in [1.82, 2.24) is 9.80 Å². The van der Waals surface area contributed by atoms with Gasteiger partial charge in [-0.3, -0.25) is 9.59 Å². The fourth-order valence-corrected chi connectivity index (χ4v) is 3.66. The van der Waals surface area contributed by atoms with Crippen molar-refractivity contribution in [2.24, 2.45) is 11.8 Å². The summed E-state index contributed by atoms with van der Waals surface area (Å²) in [5.74, 6) is 0.0813. The molecule has 1 aliphatic carbocycles. The Bertz CT molecular complexity index is 773. The van der Waals surface area contributed by atoms with E-state index in [0.717, 1.165) is 25.0 Å². The number of hydrogen-bond donors (Lipinski definition) is 1. The lowest BCUT2D eigenvalue weighted by Crippen LogP contribution is -2.55. The van der Waals surface area contributed by atoms with E-state index < -0.39 is 17.8 Å². The number of halogens is 4. The van der Waals surface area contributed by atoms with Gasteiger partial charge < -0.3 is 15.1 Å². The van der Waals surface area contributed by atoms with Crippen LogP contribution in [0.25, 0.3) is 0 Å². The third-order valence-electron chi connectivity index (χ3n) is 5.37. The van der Waals surface area contributed by atoms with Crippen molar-refractivity contribution >= 4 is 29.1 Å². The van der Waals surface area contributed by atoms with Gasteiger partial charge >= 0.3 is 6.18 Å². The maximum Gasteiger partial charge on any atom is 0.416 e. The maximum atomic E-state index is 13.0. The summed E-state index contributed by atoms with van der Waals surface area (Å²) in [5, 5.41) is 2.93. The smallest absolute Gasteiger partial charge is 0.372 e. The van der Waals surface area contributed by atoms with Gasteiger partial charge in [0.25, 0.3) is 0 Å². The lowest BCUT2D eigenvalue weighted by atomic mass is 10.0. The van der Waals surface area contributed by atoms with Crippen LogP contribution >= 0.6 is 11.6 Å². The topological polar surface area (TPSA) is 52.7 Å². The predicted octanol–water partition coefficient (Wildman–Crippen LogP) is 3.88. The highest BCUT2D eigenvalue weighted by atomic mass is 35.5. The molecule has 0 unspecified atom stereocenters. The number of carbonyl (C=O) groups is 2. The second kappa shape index (κ2) is 8.42. The Morgan fingerprint density at radius 3 is 2.17 bits per heavy atom. The minimum Gasteiger partial charge on any atom is -0.372 e. The third-order valence-corrected chi connectivity index (χ3v) is 5.68.